The Hall–Kier alpha value is -1.77. The largest absolute Gasteiger partial charge is 0.296 e. The van der Waals surface area contributed by atoms with Gasteiger partial charge >= 0.3 is 0 Å². The lowest BCUT2D eigenvalue weighted by Gasteiger charge is -2.08. The van der Waals surface area contributed by atoms with E-state index in [0.717, 1.165) is 0 Å². The fourth-order valence-electron chi connectivity index (χ4n) is 1.26. The van der Waals surface area contributed by atoms with Crippen molar-refractivity contribution >= 4 is 21.4 Å². The second kappa shape index (κ2) is 5.25. The van der Waals surface area contributed by atoms with Crippen molar-refractivity contribution in [1.29, 1.82) is 0 Å². The van der Waals surface area contributed by atoms with E-state index in [0.29, 0.717) is 12.1 Å². The van der Waals surface area contributed by atoms with E-state index >= 15 is 0 Å². The number of hydrogen-bond donors (Lipinski definition) is 1. The Bertz CT molecular complexity index is 574. The molecule has 0 unspecified atom stereocenters. The smallest absolute Gasteiger partial charge is 0.274 e. The predicted octanol–water partition coefficient (Wildman–Crippen LogP) is 2.02. The van der Waals surface area contributed by atoms with E-state index < -0.39 is 38.0 Å². The fourth-order valence-corrected chi connectivity index (χ4v) is 2.41. The van der Waals surface area contributed by atoms with E-state index in [1.165, 1.54) is 0 Å². The van der Waals surface area contributed by atoms with Crippen molar-refractivity contribution < 1.29 is 22.1 Å². The summed E-state index contributed by atoms with van der Waals surface area (Å²) in [5.41, 5.74) is -1.82. The van der Waals surface area contributed by atoms with Gasteiger partial charge in [0.25, 0.3) is 5.69 Å². The molecule has 1 aromatic rings. The molecule has 18 heavy (non-hydrogen) atoms. The first-order valence-electron chi connectivity index (χ1n) is 4.91. The van der Waals surface area contributed by atoms with Crippen LogP contribution in [0.4, 0.5) is 20.2 Å². The average Bonchev–Trinajstić information content (AvgIpc) is 2.24. The molecule has 0 atom stereocenters. The summed E-state index contributed by atoms with van der Waals surface area (Å²) in [6.45, 7) is 1.57. The number of halogens is 2. The molecule has 0 aliphatic rings. The Morgan fingerprint density at radius 2 is 2.00 bits per heavy atom. The van der Waals surface area contributed by atoms with Crippen LogP contribution in [-0.4, -0.2) is 19.1 Å². The molecule has 6 nitrogen and oxygen atoms in total. The normalized spacial score (nSPS) is 11.3. The van der Waals surface area contributed by atoms with Gasteiger partial charge in [-0.2, -0.15) is 0 Å². The summed E-state index contributed by atoms with van der Waals surface area (Å²) in [5.74, 6) is -3.31. The topological polar surface area (TPSA) is 89.3 Å². The molecule has 100 valence electrons. The standard InChI is InChI=1S/C9H10F2N2O4S/c1-2-5-18(16,17)12-9-7(13(14)15)4-3-6(10)8(9)11/h3-4,12H,2,5H2,1H3. The first-order valence-corrected chi connectivity index (χ1v) is 6.56. The third kappa shape index (κ3) is 3.13. The van der Waals surface area contributed by atoms with E-state index in [1.807, 2.05) is 0 Å². The number of hydrogen-bond acceptors (Lipinski definition) is 4. The van der Waals surface area contributed by atoms with Crippen LogP contribution in [-0.2, 0) is 10.0 Å². The second-order valence-corrected chi connectivity index (χ2v) is 5.28. The van der Waals surface area contributed by atoms with Gasteiger partial charge in [-0.1, -0.05) is 6.92 Å². The van der Waals surface area contributed by atoms with Crippen molar-refractivity contribution in [3.8, 4) is 0 Å². The number of nitrogens with zero attached hydrogens (tertiary/aromatic N) is 1. The zero-order chi connectivity index (χ0) is 13.9. The zero-order valence-electron chi connectivity index (χ0n) is 9.31. The van der Waals surface area contributed by atoms with Crippen molar-refractivity contribution in [2.45, 2.75) is 13.3 Å². The highest BCUT2D eigenvalue weighted by molar-refractivity contribution is 7.92. The Kier molecular flexibility index (Phi) is 4.17. The molecule has 1 aromatic carbocycles. The quantitative estimate of drug-likeness (QED) is 0.660. The van der Waals surface area contributed by atoms with Gasteiger partial charge in [0.15, 0.2) is 17.3 Å². The summed E-state index contributed by atoms with van der Waals surface area (Å²) >= 11 is 0. The summed E-state index contributed by atoms with van der Waals surface area (Å²) in [6, 6.07) is 1.26. The average molecular weight is 280 g/mol. The number of nitro benzene ring substituents is 1. The highest BCUT2D eigenvalue weighted by Crippen LogP contribution is 2.29. The molecular formula is C9H10F2N2O4S. The van der Waals surface area contributed by atoms with Crippen LogP contribution in [0.5, 0.6) is 0 Å². The van der Waals surface area contributed by atoms with Crippen LogP contribution in [0.25, 0.3) is 0 Å². The number of anilines is 1. The fraction of sp³-hybridized carbons (Fsp3) is 0.333. The molecule has 9 heteroatoms. The summed E-state index contributed by atoms with van der Waals surface area (Å²) < 4.78 is 50.9. The van der Waals surface area contributed by atoms with Gasteiger partial charge in [-0.25, -0.2) is 17.2 Å². The second-order valence-electron chi connectivity index (χ2n) is 3.43. The summed E-state index contributed by atoms with van der Waals surface area (Å²) in [7, 11) is -3.94. The molecule has 0 saturated heterocycles. The monoisotopic (exact) mass is 280 g/mol. The first-order chi connectivity index (χ1) is 8.28. The summed E-state index contributed by atoms with van der Waals surface area (Å²) in [4.78, 5) is 9.62. The third-order valence-electron chi connectivity index (χ3n) is 2.00. The molecule has 0 fully saturated rings. The van der Waals surface area contributed by atoms with E-state index in [-0.39, 0.29) is 12.2 Å². The summed E-state index contributed by atoms with van der Waals surface area (Å²) in [6.07, 6.45) is 0.236. The van der Waals surface area contributed by atoms with Gasteiger partial charge in [-0.15, -0.1) is 0 Å². The maximum absolute atomic E-state index is 13.4. The minimum Gasteiger partial charge on any atom is -0.274 e. The van der Waals surface area contributed by atoms with Gasteiger partial charge in [-0.05, 0) is 12.5 Å². The van der Waals surface area contributed by atoms with Gasteiger partial charge in [-0.3, -0.25) is 14.8 Å². The van der Waals surface area contributed by atoms with Crippen LogP contribution in [0.1, 0.15) is 13.3 Å². The van der Waals surface area contributed by atoms with Crippen molar-refractivity contribution in [2.24, 2.45) is 0 Å². The van der Waals surface area contributed by atoms with E-state index in [1.54, 1.807) is 11.6 Å². The summed E-state index contributed by atoms with van der Waals surface area (Å²) in [5, 5.41) is 10.6. The number of sulfonamides is 1. The predicted molar refractivity (Wildman–Crippen MR) is 60.7 cm³/mol. The molecule has 0 heterocycles. The first kappa shape index (κ1) is 14.3. The Morgan fingerprint density at radius 3 is 2.50 bits per heavy atom. The maximum atomic E-state index is 13.4. The number of benzene rings is 1. The maximum Gasteiger partial charge on any atom is 0.296 e. The van der Waals surface area contributed by atoms with Gasteiger partial charge in [0.05, 0.1) is 10.7 Å². The molecule has 1 rings (SSSR count). The molecule has 0 amide bonds. The van der Waals surface area contributed by atoms with Gasteiger partial charge in [0, 0.05) is 6.07 Å². The molecule has 0 aliphatic heterocycles. The number of nitrogens with one attached hydrogen (secondary N) is 1. The van der Waals surface area contributed by atoms with Crippen molar-refractivity contribution in [1.82, 2.24) is 0 Å². The highest BCUT2D eigenvalue weighted by atomic mass is 32.2. The number of nitro groups is 1. The van der Waals surface area contributed by atoms with Crippen LogP contribution < -0.4 is 4.72 Å². The van der Waals surface area contributed by atoms with Crippen LogP contribution >= 0.6 is 0 Å². The van der Waals surface area contributed by atoms with Gasteiger partial charge in [0.2, 0.25) is 10.0 Å². The van der Waals surface area contributed by atoms with Crippen LogP contribution in [0, 0.1) is 21.7 Å². The highest BCUT2D eigenvalue weighted by Gasteiger charge is 2.25. The molecule has 0 radical (unpaired) electrons. The van der Waals surface area contributed by atoms with Crippen LogP contribution in [0.2, 0.25) is 0 Å². The van der Waals surface area contributed by atoms with Crippen molar-refractivity contribution in [2.75, 3.05) is 10.5 Å². The minimum atomic E-state index is -3.94. The SMILES string of the molecule is CCCS(=O)(=O)Nc1c([N+](=O)[O-])ccc(F)c1F. The van der Waals surface area contributed by atoms with E-state index in [2.05, 4.69) is 0 Å². The Labute approximate surface area is 102 Å². The lowest BCUT2D eigenvalue weighted by molar-refractivity contribution is -0.384. The molecule has 0 aliphatic carbocycles. The lowest BCUT2D eigenvalue weighted by atomic mass is 10.2. The van der Waals surface area contributed by atoms with E-state index in [9.17, 15) is 27.3 Å². The zero-order valence-corrected chi connectivity index (χ0v) is 10.1. The van der Waals surface area contributed by atoms with Crippen molar-refractivity contribution in [3.05, 3.63) is 33.9 Å². The van der Waals surface area contributed by atoms with Crippen LogP contribution in [0.3, 0.4) is 0 Å². The third-order valence-corrected chi connectivity index (χ3v) is 3.46. The van der Waals surface area contributed by atoms with Crippen LogP contribution in [0.15, 0.2) is 12.1 Å². The Balaban J connectivity index is 3.30. The number of rotatable bonds is 5. The van der Waals surface area contributed by atoms with Crippen molar-refractivity contribution in [3.63, 3.8) is 0 Å². The molecule has 1 N–H and O–H groups in total. The molecule has 0 bridgehead atoms. The Morgan fingerprint density at radius 1 is 1.39 bits per heavy atom. The molecule has 0 spiro atoms. The lowest BCUT2D eigenvalue weighted by Crippen LogP contribution is -2.18. The molecule has 0 saturated carbocycles. The van der Waals surface area contributed by atoms with Gasteiger partial charge in [0.1, 0.15) is 0 Å². The minimum absolute atomic E-state index is 0.236. The van der Waals surface area contributed by atoms with E-state index in [4.69, 9.17) is 0 Å². The van der Waals surface area contributed by atoms with Gasteiger partial charge < -0.3 is 0 Å². The molecule has 0 aromatic heterocycles. The molecular weight excluding hydrogens is 270 g/mol.